The van der Waals surface area contributed by atoms with E-state index in [0.29, 0.717) is 12.6 Å². The molecule has 1 heterocycles. The summed E-state index contributed by atoms with van der Waals surface area (Å²) >= 11 is 1.68. The van der Waals surface area contributed by atoms with Crippen molar-refractivity contribution >= 4 is 11.3 Å². The topological polar surface area (TPSA) is 34.1 Å². The number of thiazole rings is 1. The second-order valence-electron chi connectivity index (χ2n) is 4.32. The summed E-state index contributed by atoms with van der Waals surface area (Å²) in [5.41, 5.74) is 2.22. The van der Waals surface area contributed by atoms with Gasteiger partial charge in [0.15, 0.2) is 0 Å². The van der Waals surface area contributed by atoms with E-state index < -0.39 is 0 Å². The van der Waals surface area contributed by atoms with Gasteiger partial charge in [-0.25, -0.2) is 4.98 Å². The van der Waals surface area contributed by atoms with E-state index in [-0.39, 0.29) is 0 Å². The van der Waals surface area contributed by atoms with Crippen LogP contribution in [-0.2, 0) is 0 Å². The van der Waals surface area contributed by atoms with E-state index in [1.54, 1.807) is 11.3 Å². The minimum absolute atomic E-state index is 0.296. The van der Waals surface area contributed by atoms with Crippen LogP contribution in [0, 0.1) is 0 Å². The van der Waals surface area contributed by atoms with Gasteiger partial charge < -0.3 is 10.1 Å². The summed E-state index contributed by atoms with van der Waals surface area (Å²) < 4.78 is 5.53. The molecule has 0 bridgehead atoms. The van der Waals surface area contributed by atoms with Gasteiger partial charge in [-0.2, -0.15) is 0 Å². The van der Waals surface area contributed by atoms with Crippen LogP contribution in [0.3, 0.4) is 0 Å². The molecule has 0 fully saturated rings. The maximum absolute atomic E-state index is 5.53. The number of ether oxygens (including phenoxy) is 1. The molecule has 0 aliphatic carbocycles. The molecular weight excluding hydrogens is 256 g/mol. The van der Waals surface area contributed by atoms with Gasteiger partial charge >= 0.3 is 0 Å². The zero-order valence-electron chi connectivity index (χ0n) is 11.6. The van der Waals surface area contributed by atoms with Gasteiger partial charge in [0.1, 0.15) is 10.8 Å². The lowest BCUT2D eigenvalue weighted by Crippen LogP contribution is -2.17. The SMILES string of the molecule is CCNC(C)c1csc(-c2cccc(OCC)c2)n1. The summed E-state index contributed by atoms with van der Waals surface area (Å²) in [5, 5.41) is 6.54. The number of hydrogen-bond donors (Lipinski definition) is 1. The third kappa shape index (κ3) is 3.55. The average Bonchev–Trinajstić information content (AvgIpc) is 2.89. The zero-order chi connectivity index (χ0) is 13.7. The molecule has 19 heavy (non-hydrogen) atoms. The summed E-state index contributed by atoms with van der Waals surface area (Å²) in [5.74, 6) is 0.900. The van der Waals surface area contributed by atoms with Crippen LogP contribution in [0.1, 0.15) is 32.5 Å². The second kappa shape index (κ2) is 6.68. The molecule has 4 heteroatoms. The van der Waals surface area contributed by atoms with Crippen LogP contribution < -0.4 is 10.1 Å². The molecule has 1 unspecified atom stereocenters. The average molecular weight is 276 g/mol. The Balaban J connectivity index is 2.20. The van der Waals surface area contributed by atoms with E-state index in [9.17, 15) is 0 Å². The van der Waals surface area contributed by atoms with Crippen LogP contribution in [0.4, 0.5) is 0 Å². The highest BCUT2D eigenvalue weighted by Crippen LogP contribution is 2.28. The highest BCUT2D eigenvalue weighted by Gasteiger charge is 2.10. The Kier molecular flexibility index (Phi) is 4.93. The summed E-state index contributed by atoms with van der Waals surface area (Å²) in [6.45, 7) is 7.87. The van der Waals surface area contributed by atoms with E-state index >= 15 is 0 Å². The molecule has 1 aromatic heterocycles. The lowest BCUT2D eigenvalue weighted by molar-refractivity contribution is 0.340. The van der Waals surface area contributed by atoms with Gasteiger partial charge in [-0.3, -0.25) is 0 Å². The predicted molar refractivity (Wildman–Crippen MR) is 80.8 cm³/mol. The highest BCUT2D eigenvalue weighted by atomic mass is 32.1. The van der Waals surface area contributed by atoms with E-state index in [2.05, 4.69) is 30.6 Å². The summed E-state index contributed by atoms with van der Waals surface area (Å²) in [6.07, 6.45) is 0. The Morgan fingerprint density at radius 1 is 1.37 bits per heavy atom. The standard InChI is InChI=1S/C15H20N2OS/c1-4-16-11(3)14-10-19-15(17-14)12-7-6-8-13(9-12)18-5-2/h6-11,16H,4-5H2,1-3H3. The second-order valence-corrected chi connectivity index (χ2v) is 5.18. The Morgan fingerprint density at radius 2 is 2.21 bits per heavy atom. The van der Waals surface area contributed by atoms with E-state index in [1.807, 2.05) is 25.1 Å². The molecular formula is C15H20N2OS. The monoisotopic (exact) mass is 276 g/mol. The van der Waals surface area contributed by atoms with E-state index in [4.69, 9.17) is 9.72 Å². The molecule has 0 amide bonds. The molecule has 1 atom stereocenters. The van der Waals surface area contributed by atoms with Crippen molar-refractivity contribution in [2.24, 2.45) is 0 Å². The molecule has 1 aromatic carbocycles. The van der Waals surface area contributed by atoms with Crippen molar-refractivity contribution < 1.29 is 4.74 Å². The zero-order valence-corrected chi connectivity index (χ0v) is 12.5. The van der Waals surface area contributed by atoms with E-state index in [1.165, 1.54) is 0 Å². The number of aromatic nitrogens is 1. The third-order valence-electron chi connectivity index (χ3n) is 2.87. The number of rotatable bonds is 6. The Hall–Kier alpha value is -1.39. The lowest BCUT2D eigenvalue weighted by Gasteiger charge is -2.08. The van der Waals surface area contributed by atoms with Crippen LogP contribution >= 0.6 is 11.3 Å². The van der Waals surface area contributed by atoms with E-state index in [0.717, 1.165) is 28.6 Å². The van der Waals surface area contributed by atoms with Gasteiger partial charge in [0.25, 0.3) is 0 Å². The van der Waals surface area contributed by atoms with Crippen molar-refractivity contribution in [2.45, 2.75) is 26.8 Å². The molecule has 1 N–H and O–H groups in total. The van der Waals surface area contributed by atoms with Gasteiger partial charge in [0, 0.05) is 17.0 Å². The van der Waals surface area contributed by atoms with Crippen LogP contribution in [0.25, 0.3) is 10.6 Å². The van der Waals surface area contributed by atoms with Gasteiger partial charge in [-0.15, -0.1) is 11.3 Å². The van der Waals surface area contributed by atoms with Gasteiger partial charge in [-0.05, 0) is 32.5 Å². The van der Waals surface area contributed by atoms with Crippen LogP contribution in [-0.4, -0.2) is 18.1 Å². The molecule has 3 nitrogen and oxygen atoms in total. The molecule has 0 radical (unpaired) electrons. The number of nitrogens with zero attached hydrogens (tertiary/aromatic N) is 1. The minimum atomic E-state index is 0.296. The Labute approximate surface area is 118 Å². The first-order valence-corrected chi connectivity index (χ1v) is 7.54. The van der Waals surface area contributed by atoms with Crippen LogP contribution in [0.2, 0.25) is 0 Å². The fourth-order valence-corrected chi connectivity index (χ4v) is 2.82. The molecule has 0 aliphatic rings. The summed E-state index contributed by atoms with van der Waals surface area (Å²) in [4.78, 5) is 4.70. The third-order valence-corrected chi connectivity index (χ3v) is 3.78. The van der Waals surface area contributed by atoms with Crippen LogP contribution in [0.15, 0.2) is 29.6 Å². The van der Waals surface area contributed by atoms with Gasteiger partial charge in [-0.1, -0.05) is 19.1 Å². The maximum atomic E-state index is 5.53. The summed E-state index contributed by atoms with van der Waals surface area (Å²) in [6, 6.07) is 8.40. The normalized spacial score (nSPS) is 12.4. The van der Waals surface area contributed by atoms with Gasteiger partial charge in [0.2, 0.25) is 0 Å². The number of benzene rings is 1. The quantitative estimate of drug-likeness (QED) is 0.869. The van der Waals surface area contributed by atoms with Gasteiger partial charge in [0.05, 0.1) is 12.3 Å². The number of hydrogen-bond acceptors (Lipinski definition) is 4. The first-order chi connectivity index (χ1) is 9.24. The van der Waals surface area contributed by atoms with Crippen molar-refractivity contribution in [3.8, 4) is 16.3 Å². The first-order valence-electron chi connectivity index (χ1n) is 6.66. The number of nitrogens with one attached hydrogen (secondary N) is 1. The largest absolute Gasteiger partial charge is 0.494 e. The molecule has 0 aliphatic heterocycles. The fraction of sp³-hybridized carbons (Fsp3) is 0.400. The molecule has 0 saturated heterocycles. The molecule has 2 rings (SSSR count). The Bertz CT molecular complexity index is 524. The van der Waals surface area contributed by atoms with Crippen molar-refractivity contribution in [1.82, 2.24) is 10.3 Å². The predicted octanol–water partition coefficient (Wildman–Crippen LogP) is 3.88. The molecule has 102 valence electrons. The highest BCUT2D eigenvalue weighted by molar-refractivity contribution is 7.13. The minimum Gasteiger partial charge on any atom is -0.494 e. The first kappa shape index (κ1) is 14.0. The fourth-order valence-electron chi connectivity index (χ4n) is 1.91. The van der Waals surface area contributed by atoms with Crippen molar-refractivity contribution in [1.29, 1.82) is 0 Å². The van der Waals surface area contributed by atoms with Crippen LogP contribution in [0.5, 0.6) is 5.75 Å². The van der Waals surface area contributed by atoms with Crippen molar-refractivity contribution in [2.75, 3.05) is 13.2 Å². The lowest BCUT2D eigenvalue weighted by atomic mass is 10.2. The maximum Gasteiger partial charge on any atom is 0.123 e. The van der Waals surface area contributed by atoms with Crippen molar-refractivity contribution in [3.05, 3.63) is 35.3 Å². The molecule has 2 aromatic rings. The smallest absolute Gasteiger partial charge is 0.123 e. The Morgan fingerprint density at radius 3 is 2.95 bits per heavy atom. The molecule has 0 saturated carbocycles. The summed E-state index contributed by atoms with van der Waals surface area (Å²) in [7, 11) is 0. The molecule has 0 spiro atoms. The van der Waals surface area contributed by atoms with Crippen molar-refractivity contribution in [3.63, 3.8) is 0 Å².